The lowest BCUT2D eigenvalue weighted by molar-refractivity contribution is 0.530. The third kappa shape index (κ3) is 3.37. The minimum absolute atomic E-state index is 0.330. The van der Waals surface area contributed by atoms with E-state index in [0.29, 0.717) is 22.7 Å². The highest BCUT2D eigenvalue weighted by Gasteiger charge is 2.21. The standard InChI is InChI=1S/C15H13BrClF2N/c1-2-20-15(11-7-9(16)3-5-13(11)18)12-8-10(17)4-6-14(12)19/h3-8,15,20H,2H2,1H3. The molecule has 0 fully saturated rings. The molecular weight excluding hydrogens is 348 g/mol. The fourth-order valence-corrected chi connectivity index (χ4v) is 2.62. The van der Waals surface area contributed by atoms with E-state index in [4.69, 9.17) is 11.6 Å². The van der Waals surface area contributed by atoms with Crippen LogP contribution in [0.1, 0.15) is 24.1 Å². The predicted molar refractivity (Wildman–Crippen MR) is 81.0 cm³/mol. The number of benzene rings is 2. The molecule has 0 bridgehead atoms. The van der Waals surface area contributed by atoms with Crippen LogP contribution in [-0.4, -0.2) is 6.54 Å². The van der Waals surface area contributed by atoms with Gasteiger partial charge in [0, 0.05) is 20.6 Å². The van der Waals surface area contributed by atoms with Gasteiger partial charge in [-0.05, 0) is 42.9 Å². The van der Waals surface area contributed by atoms with Crippen molar-refractivity contribution >= 4 is 27.5 Å². The van der Waals surface area contributed by atoms with Crippen LogP contribution in [0.15, 0.2) is 40.9 Å². The molecule has 0 aromatic heterocycles. The monoisotopic (exact) mass is 359 g/mol. The van der Waals surface area contributed by atoms with E-state index >= 15 is 0 Å². The van der Waals surface area contributed by atoms with E-state index in [2.05, 4.69) is 21.2 Å². The molecule has 1 atom stereocenters. The Labute approximate surface area is 130 Å². The largest absolute Gasteiger partial charge is 0.306 e. The quantitative estimate of drug-likeness (QED) is 0.802. The van der Waals surface area contributed by atoms with Crippen molar-refractivity contribution in [2.45, 2.75) is 13.0 Å². The van der Waals surface area contributed by atoms with Crippen molar-refractivity contribution < 1.29 is 8.78 Å². The van der Waals surface area contributed by atoms with Gasteiger partial charge in [0.1, 0.15) is 11.6 Å². The summed E-state index contributed by atoms with van der Waals surface area (Å²) >= 11 is 9.23. The maximum atomic E-state index is 14.0. The summed E-state index contributed by atoms with van der Waals surface area (Å²) in [4.78, 5) is 0. The van der Waals surface area contributed by atoms with Crippen LogP contribution in [0.2, 0.25) is 5.02 Å². The van der Waals surface area contributed by atoms with Crippen molar-refractivity contribution in [1.82, 2.24) is 5.32 Å². The molecular formula is C15H13BrClF2N. The van der Waals surface area contributed by atoms with Crippen LogP contribution in [0.25, 0.3) is 0 Å². The predicted octanol–water partition coefficient (Wildman–Crippen LogP) is 5.08. The van der Waals surface area contributed by atoms with E-state index in [1.165, 1.54) is 24.3 Å². The van der Waals surface area contributed by atoms with Gasteiger partial charge in [0.2, 0.25) is 0 Å². The summed E-state index contributed by atoms with van der Waals surface area (Å²) in [6.45, 7) is 2.45. The van der Waals surface area contributed by atoms with Gasteiger partial charge in [-0.3, -0.25) is 0 Å². The number of halogens is 4. The fraction of sp³-hybridized carbons (Fsp3) is 0.200. The average molecular weight is 361 g/mol. The van der Waals surface area contributed by atoms with Gasteiger partial charge in [0.25, 0.3) is 0 Å². The lowest BCUT2D eigenvalue weighted by Gasteiger charge is -2.20. The molecule has 20 heavy (non-hydrogen) atoms. The van der Waals surface area contributed by atoms with Crippen LogP contribution in [0.4, 0.5) is 8.78 Å². The molecule has 0 saturated heterocycles. The minimum atomic E-state index is -0.587. The molecule has 0 spiro atoms. The number of rotatable bonds is 4. The first-order chi connectivity index (χ1) is 9.52. The summed E-state index contributed by atoms with van der Waals surface area (Å²) in [5, 5.41) is 3.51. The molecule has 106 valence electrons. The normalized spacial score (nSPS) is 12.4. The zero-order valence-electron chi connectivity index (χ0n) is 10.8. The summed E-state index contributed by atoms with van der Waals surface area (Å²) < 4.78 is 28.8. The second-order valence-corrected chi connectivity index (χ2v) is 5.67. The van der Waals surface area contributed by atoms with Crippen LogP contribution in [-0.2, 0) is 0 Å². The van der Waals surface area contributed by atoms with Gasteiger partial charge in [-0.15, -0.1) is 0 Å². The van der Waals surface area contributed by atoms with Gasteiger partial charge in [0.05, 0.1) is 6.04 Å². The fourth-order valence-electron chi connectivity index (χ4n) is 2.06. The van der Waals surface area contributed by atoms with Crippen molar-refractivity contribution in [3.63, 3.8) is 0 Å². The molecule has 2 aromatic carbocycles. The summed E-state index contributed by atoms with van der Waals surface area (Å²) in [6, 6.07) is 8.30. The van der Waals surface area contributed by atoms with Crippen LogP contribution in [0, 0.1) is 11.6 Å². The number of hydrogen-bond donors (Lipinski definition) is 1. The lowest BCUT2D eigenvalue weighted by Crippen LogP contribution is -2.24. The summed E-state index contributed by atoms with van der Waals surface area (Å²) in [7, 11) is 0. The Morgan fingerprint density at radius 3 is 2.35 bits per heavy atom. The van der Waals surface area contributed by atoms with E-state index in [-0.39, 0.29) is 0 Å². The van der Waals surface area contributed by atoms with Crippen molar-refractivity contribution in [2.75, 3.05) is 6.54 Å². The zero-order chi connectivity index (χ0) is 14.7. The topological polar surface area (TPSA) is 12.0 Å². The molecule has 0 amide bonds. The number of hydrogen-bond acceptors (Lipinski definition) is 1. The molecule has 2 rings (SSSR count). The molecule has 1 N–H and O–H groups in total. The first-order valence-electron chi connectivity index (χ1n) is 6.16. The van der Waals surface area contributed by atoms with E-state index < -0.39 is 17.7 Å². The second-order valence-electron chi connectivity index (χ2n) is 4.32. The molecule has 1 nitrogen and oxygen atoms in total. The Morgan fingerprint density at radius 2 is 1.70 bits per heavy atom. The van der Waals surface area contributed by atoms with Crippen LogP contribution in [0.3, 0.4) is 0 Å². The van der Waals surface area contributed by atoms with Crippen molar-refractivity contribution in [3.05, 3.63) is 68.7 Å². The molecule has 5 heteroatoms. The Balaban J connectivity index is 2.55. The molecule has 0 heterocycles. The van der Waals surface area contributed by atoms with E-state index in [9.17, 15) is 8.78 Å². The van der Waals surface area contributed by atoms with E-state index in [1.807, 2.05) is 6.92 Å². The maximum absolute atomic E-state index is 14.0. The van der Waals surface area contributed by atoms with Crippen LogP contribution >= 0.6 is 27.5 Å². The Kier molecular flexibility index (Phi) is 5.13. The smallest absolute Gasteiger partial charge is 0.128 e. The zero-order valence-corrected chi connectivity index (χ0v) is 13.1. The second kappa shape index (κ2) is 6.66. The van der Waals surface area contributed by atoms with Crippen LogP contribution < -0.4 is 5.32 Å². The molecule has 0 aliphatic carbocycles. The summed E-state index contributed by atoms with van der Waals surface area (Å²) in [6.07, 6.45) is 0. The summed E-state index contributed by atoms with van der Waals surface area (Å²) in [5.74, 6) is -0.807. The molecule has 0 radical (unpaired) electrons. The van der Waals surface area contributed by atoms with Gasteiger partial charge < -0.3 is 5.32 Å². The van der Waals surface area contributed by atoms with Crippen molar-refractivity contribution in [2.24, 2.45) is 0 Å². The van der Waals surface area contributed by atoms with Crippen LogP contribution in [0.5, 0.6) is 0 Å². The average Bonchev–Trinajstić information content (AvgIpc) is 2.42. The third-order valence-electron chi connectivity index (χ3n) is 2.95. The molecule has 0 saturated carbocycles. The van der Waals surface area contributed by atoms with Gasteiger partial charge >= 0.3 is 0 Å². The highest BCUT2D eigenvalue weighted by atomic mass is 79.9. The molecule has 2 aromatic rings. The first kappa shape index (κ1) is 15.4. The van der Waals surface area contributed by atoms with Crippen molar-refractivity contribution in [1.29, 1.82) is 0 Å². The molecule has 0 aliphatic rings. The Bertz CT molecular complexity index is 567. The molecule has 1 unspecified atom stereocenters. The van der Waals surface area contributed by atoms with E-state index in [0.717, 1.165) is 4.47 Å². The van der Waals surface area contributed by atoms with Gasteiger partial charge in [-0.25, -0.2) is 8.78 Å². The lowest BCUT2D eigenvalue weighted by atomic mass is 9.97. The van der Waals surface area contributed by atoms with E-state index in [1.54, 1.807) is 12.1 Å². The van der Waals surface area contributed by atoms with Gasteiger partial charge in [0.15, 0.2) is 0 Å². The minimum Gasteiger partial charge on any atom is -0.306 e. The third-order valence-corrected chi connectivity index (χ3v) is 3.67. The van der Waals surface area contributed by atoms with Crippen molar-refractivity contribution in [3.8, 4) is 0 Å². The van der Waals surface area contributed by atoms with Gasteiger partial charge in [-0.2, -0.15) is 0 Å². The Hall–Kier alpha value is -0.970. The van der Waals surface area contributed by atoms with Gasteiger partial charge in [-0.1, -0.05) is 34.5 Å². The number of nitrogens with one attached hydrogen (secondary N) is 1. The SMILES string of the molecule is CCNC(c1cc(Cl)ccc1F)c1cc(Br)ccc1F. The molecule has 0 aliphatic heterocycles. The summed E-state index contributed by atoms with van der Waals surface area (Å²) in [5.41, 5.74) is 0.707. The Morgan fingerprint density at radius 1 is 1.10 bits per heavy atom. The first-order valence-corrected chi connectivity index (χ1v) is 7.33. The highest BCUT2D eigenvalue weighted by molar-refractivity contribution is 9.10. The highest BCUT2D eigenvalue weighted by Crippen LogP contribution is 2.30. The maximum Gasteiger partial charge on any atom is 0.128 e.